The first-order valence-corrected chi connectivity index (χ1v) is 4.77. The van der Waals surface area contributed by atoms with E-state index in [0.717, 1.165) is 19.5 Å². The van der Waals surface area contributed by atoms with Crippen molar-refractivity contribution in [2.24, 2.45) is 5.73 Å². The molecule has 2 unspecified atom stereocenters. The minimum atomic E-state index is 0.0431. The lowest BCUT2D eigenvalue weighted by atomic mass is 10.1. The van der Waals surface area contributed by atoms with E-state index in [1.54, 1.807) is 0 Å². The SMILES string of the molecule is CCCN(CC)C(CO)C(C)N. The van der Waals surface area contributed by atoms with Crippen molar-refractivity contribution in [3.05, 3.63) is 0 Å². The zero-order valence-electron chi connectivity index (χ0n) is 8.45. The molecule has 2 atom stereocenters. The highest BCUT2D eigenvalue weighted by atomic mass is 16.3. The fraction of sp³-hybridized carbons (Fsp3) is 1.00. The van der Waals surface area contributed by atoms with Crippen LogP contribution in [0.15, 0.2) is 0 Å². The van der Waals surface area contributed by atoms with Crippen LogP contribution in [0.3, 0.4) is 0 Å². The quantitative estimate of drug-likeness (QED) is 0.614. The average Bonchev–Trinajstić information content (AvgIpc) is 2.03. The normalized spacial score (nSPS) is 16.5. The van der Waals surface area contributed by atoms with Crippen LogP contribution in [0.4, 0.5) is 0 Å². The molecule has 0 aromatic heterocycles. The molecule has 0 bridgehead atoms. The number of aliphatic hydroxyl groups is 1. The van der Waals surface area contributed by atoms with Crippen LogP contribution in [-0.2, 0) is 0 Å². The summed E-state index contributed by atoms with van der Waals surface area (Å²) in [6.07, 6.45) is 1.11. The first kappa shape index (κ1) is 11.9. The van der Waals surface area contributed by atoms with Gasteiger partial charge in [0.05, 0.1) is 6.61 Å². The van der Waals surface area contributed by atoms with Crippen molar-refractivity contribution in [2.45, 2.75) is 39.3 Å². The van der Waals surface area contributed by atoms with Gasteiger partial charge >= 0.3 is 0 Å². The number of nitrogens with zero attached hydrogens (tertiary/aromatic N) is 1. The summed E-state index contributed by atoms with van der Waals surface area (Å²) in [6, 6.07) is 0.163. The van der Waals surface area contributed by atoms with Crippen molar-refractivity contribution >= 4 is 0 Å². The van der Waals surface area contributed by atoms with Gasteiger partial charge in [-0.25, -0.2) is 0 Å². The molecule has 0 aliphatic rings. The molecule has 0 aliphatic carbocycles. The van der Waals surface area contributed by atoms with Crippen LogP contribution in [0.2, 0.25) is 0 Å². The minimum Gasteiger partial charge on any atom is -0.395 e. The Morgan fingerprint density at radius 2 is 2.00 bits per heavy atom. The monoisotopic (exact) mass is 174 g/mol. The lowest BCUT2D eigenvalue weighted by molar-refractivity contribution is 0.113. The molecule has 3 heteroatoms. The molecule has 0 aromatic rings. The summed E-state index contributed by atoms with van der Waals surface area (Å²) >= 11 is 0. The molecule has 0 radical (unpaired) electrons. The van der Waals surface area contributed by atoms with Crippen LogP contribution in [-0.4, -0.2) is 41.8 Å². The van der Waals surface area contributed by atoms with Crippen molar-refractivity contribution < 1.29 is 5.11 Å². The highest BCUT2D eigenvalue weighted by Crippen LogP contribution is 2.03. The van der Waals surface area contributed by atoms with Gasteiger partial charge in [0.25, 0.3) is 0 Å². The third-order valence-electron chi connectivity index (χ3n) is 2.18. The number of aliphatic hydroxyl groups excluding tert-OH is 1. The Balaban J connectivity index is 4.02. The topological polar surface area (TPSA) is 49.5 Å². The second kappa shape index (κ2) is 6.40. The lowest BCUT2D eigenvalue weighted by Gasteiger charge is -2.31. The first-order valence-electron chi connectivity index (χ1n) is 4.77. The summed E-state index contributed by atoms with van der Waals surface area (Å²) in [7, 11) is 0. The molecule has 0 saturated heterocycles. The van der Waals surface area contributed by atoms with Crippen LogP contribution in [0.5, 0.6) is 0 Å². The van der Waals surface area contributed by atoms with Gasteiger partial charge in [0, 0.05) is 12.1 Å². The van der Waals surface area contributed by atoms with Crippen LogP contribution in [0.1, 0.15) is 27.2 Å². The Hall–Kier alpha value is -0.120. The van der Waals surface area contributed by atoms with Crippen molar-refractivity contribution in [1.29, 1.82) is 0 Å². The van der Waals surface area contributed by atoms with Crippen LogP contribution < -0.4 is 5.73 Å². The van der Waals surface area contributed by atoms with E-state index in [-0.39, 0.29) is 18.7 Å². The lowest BCUT2D eigenvalue weighted by Crippen LogP contribution is -2.48. The molecule has 3 N–H and O–H groups in total. The molecule has 0 saturated carbocycles. The summed E-state index contributed by atoms with van der Waals surface area (Å²) in [5.74, 6) is 0. The molecule has 0 spiro atoms. The van der Waals surface area contributed by atoms with Gasteiger partial charge in [-0.15, -0.1) is 0 Å². The van der Waals surface area contributed by atoms with E-state index in [0.29, 0.717) is 0 Å². The zero-order chi connectivity index (χ0) is 9.56. The predicted molar refractivity (Wildman–Crippen MR) is 52.1 cm³/mol. The maximum Gasteiger partial charge on any atom is 0.0601 e. The van der Waals surface area contributed by atoms with Crippen molar-refractivity contribution in [3.8, 4) is 0 Å². The molecule has 0 heterocycles. The summed E-state index contributed by atoms with van der Waals surface area (Å²) in [5, 5.41) is 9.10. The molecular formula is C9H22N2O. The third kappa shape index (κ3) is 3.52. The van der Waals surface area contributed by atoms with Crippen LogP contribution in [0.25, 0.3) is 0 Å². The number of hydrogen-bond donors (Lipinski definition) is 2. The maximum atomic E-state index is 9.10. The molecular weight excluding hydrogens is 152 g/mol. The molecule has 3 nitrogen and oxygen atoms in total. The number of nitrogens with two attached hydrogens (primary N) is 1. The Morgan fingerprint density at radius 1 is 1.42 bits per heavy atom. The fourth-order valence-electron chi connectivity index (χ4n) is 1.46. The van der Waals surface area contributed by atoms with Crippen molar-refractivity contribution in [1.82, 2.24) is 4.90 Å². The van der Waals surface area contributed by atoms with E-state index in [4.69, 9.17) is 10.8 Å². The molecule has 0 fully saturated rings. The Bertz CT molecular complexity index is 107. The van der Waals surface area contributed by atoms with Crippen LogP contribution >= 0.6 is 0 Å². The Kier molecular flexibility index (Phi) is 6.34. The first-order chi connectivity index (χ1) is 5.67. The van der Waals surface area contributed by atoms with E-state index in [1.807, 2.05) is 6.92 Å². The molecule has 0 aromatic carbocycles. The second-order valence-corrected chi connectivity index (χ2v) is 3.24. The van der Waals surface area contributed by atoms with Gasteiger partial charge in [-0.05, 0) is 26.4 Å². The van der Waals surface area contributed by atoms with Gasteiger partial charge in [-0.2, -0.15) is 0 Å². The highest BCUT2D eigenvalue weighted by molar-refractivity contribution is 4.77. The van der Waals surface area contributed by atoms with E-state index in [1.165, 1.54) is 0 Å². The van der Waals surface area contributed by atoms with E-state index in [9.17, 15) is 0 Å². The van der Waals surface area contributed by atoms with Crippen LogP contribution in [0, 0.1) is 0 Å². The summed E-state index contributed by atoms with van der Waals surface area (Å²) in [4.78, 5) is 2.23. The van der Waals surface area contributed by atoms with Gasteiger partial charge in [0.2, 0.25) is 0 Å². The van der Waals surface area contributed by atoms with Crippen molar-refractivity contribution in [2.75, 3.05) is 19.7 Å². The summed E-state index contributed by atoms with van der Waals surface area (Å²) in [6.45, 7) is 8.31. The molecule has 12 heavy (non-hydrogen) atoms. The maximum absolute atomic E-state index is 9.10. The molecule has 0 amide bonds. The van der Waals surface area contributed by atoms with Gasteiger partial charge in [0.1, 0.15) is 0 Å². The Labute approximate surface area is 75.6 Å². The number of hydrogen-bond acceptors (Lipinski definition) is 3. The molecule has 0 aliphatic heterocycles. The predicted octanol–water partition coefficient (Wildman–Crippen LogP) is 0.426. The van der Waals surface area contributed by atoms with Crippen molar-refractivity contribution in [3.63, 3.8) is 0 Å². The summed E-state index contributed by atoms with van der Waals surface area (Å²) < 4.78 is 0. The minimum absolute atomic E-state index is 0.0431. The zero-order valence-corrected chi connectivity index (χ0v) is 8.45. The fourth-order valence-corrected chi connectivity index (χ4v) is 1.46. The van der Waals surface area contributed by atoms with Gasteiger partial charge in [-0.1, -0.05) is 13.8 Å². The molecule has 0 rings (SSSR count). The standard InChI is InChI=1S/C9H22N2O/c1-4-6-11(5-2)9(7-12)8(3)10/h8-9,12H,4-7,10H2,1-3H3. The van der Waals surface area contributed by atoms with Gasteiger partial charge < -0.3 is 10.8 Å². The smallest absolute Gasteiger partial charge is 0.0601 e. The Morgan fingerprint density at radius 3 is 2.25 bits per heavy atom. The van der Waals surface area contributed by atoms with Gasteiger partial charge in [-0.3, -0.25) is 4.90 Å². The highest BCUT2D eigenvalue weighted by Gasteiger charge is 2.18. The van der Waals surface area contributed by atoms with Gasteiger partial charge in [0.15, 0.2) is 0 Å². The van der Waals surface area contributed by atoms with E-state index < -0.39 is 0 Å². The van der Waals surface area contributed by atoms with E-state index >= 15 is 0 Å². The average molecular weight is 174 g/mol. The second-order valence-electron chi connectivity index (χ2n) is 3.24. The number of rotatable bonds is 6. The summed E-state index contributed by atoms with van der Waals surface area (Å²) in [5.41, 5.74) is 5.75. The molecule has 74 valence electrons. The largest absolute Gasteiger partial charge is 0.395 e. The van der Waals surface area contributed by atoms with E-state index in [2.05, 4.69) is 18.7 Å². The number of likely N-dealkylation sites (N-methyl/N-ethyl adjacent to an activating group) is 1. The third-order valence-corrected chi connectivity index (χ3v) is 2.18.